The van der Waals surface area contributed by atoms with Gasteiger partial charge in [0.15, 0.2) is 0 Å². The smallest absolute Gasteiger partial charge is 0.336 e. The fourth-order valence-corrected chi connectivity index (χ4v) is 1.96. The van der Waals surface area contributed by atoms with Crippen LogP contribution in [0.1, 0.15) is 10.4 Å². The minimum Gasteiger partial charge on any atom is -0.349 e. The second-order valence-corrected chi connectivity index (χ2v) is 4.63. The van der Waals surface area contributed by atoms with Gasteiger partial charge < -0.3 is 5.32 Å². The van der Waals surface area contributed by atoms with Gasteiger partial charge in [-0.1, -0.05) is 23.7 Å². The summed E-state index contributed by atoms with van der Waals surface area (Å²) in [6.07, 6.45) is 0. The maximum absolute atomic E-state index is 11.7. The highest BCUT2D eigenvalue weighted by Crippen LogP contribution is 2.31. The van der Waals surface area contributed by atoms with Crippen molar-refractivity contribution in [3.63, 3.8) is 0 Å². The van der Waals surface area contributed by atoms with Crippen molar-refractivity contribution in [2.75, 3.05) is 5.32 Å². The third-order valence-corrected chi connectivity index (χ3v) is 2.97. The molecule has 2 aromatic carbocycles. The van der Waals surface area contributed by atoms with Gasteiger partial charge in [0.2, 0.25) is 0 Å². The lowest BCUT2D eigenvalue weighted by Gasteiger charge is -2.10. The van der Waals surface area contributed by atoms with Crippen LogP contribution >= 0.6 is 11.6 Å². The van der Waals surface area contributed by atoms with Crippen molar-refractivity contribution in [1.29, 1.82) is 0 Å². The number of nitro groups is 1. The zero-order chi connectivity index (χ0) is 17.0. The Morgan fingerprint density at radius 3 is 2.43 bits per heavy atom. The van der Waals surface area contributed by atoms with Gasteiger partial charge in [0.25, 0.3) is 5.69 Å². The molecule has 10 heteroatoms. The molecule has 0 aliphatic carbocycles. The highest BCUT2D eigenvalue weighted by atomic mass is 35.5. The van der Waals surface area contributed by atoms with Crippen molar-refractivity contribution in [2.45, 2.75) is 0 Å². The van der Waals surface area contributed by atoms with E-state index in [0.717, 1.165) is 6.07 Å². The predicted molar refractivity (Wildman–Crippen MR) is 80.2 cm³/mol. The average molecular weight is 338 g/mol. The largest absolute Gasteiger partial charge is 0.349 e. The molecule has 0 radical (unpaired) electrons. The van der Waals surface area contributed by atoms with Gasteiger partial charge in [0.1, 0.15) is 5.69 Å². The first-order valence-electron chi connectivity index (χ1n) is 6.05. The molecule has 118 valence electrons. The van der Waals surface area contributed by atoms with E-state index in [9.17, 15) is 25.0 Å². The molecule has 2 rings (SSSR count). The Balaban J connectivity index is 2.40. The minimum absolute atomic E-state index is 0.0701. The van der Waals surface area contributed by atoms with Gasteiger partial charge in [-0.15, -0.1) is 10.1 Å². The molecular formula is C13H8ClN3O6. The first kappa shape index (κ1) is 16.2. The van der Waals surface area contributed by atoms with Crippen LogP contribution in [-0.4, -0.2) is 16.0 Å². The van der Waals surface area contributed by atoms with Crippen LogP contribution in [0.2, 0.25) is 5.02 Å². The summed E-state index contributed by atoms with van der Waals surface area (Å²) in [4.78, 5) is 36.3. The zero-order valence-corrected chi connectivity index (χ0v) is 12.0. The molecule has 0 spiro atoms. The second-order valence-electron chi connectivity index (χ2n) is 4.19. The van der Waals surface area contributed by atoms with Crippen LogP contribution in [0.4, 0.5) is 17.1 Å². The highest BCUT2D eigenvalue weighted by molar-refractivity contribution is 6.31. The molecule has 0 aliphatic rings. The molecule has 23 heavy (non-hydrogen) atoms. The number of carbonyl (C=O) groups excluding carboxylic acids is 1. The molecule has 0 saturated carbocycles. The Morgan fingerprint density at radius 1 is 1.09 bits per heavy atom. The van der Waals surface area contributed by atoms with Crippen molar-refractivity contribution in [3.05, 3.63) is 73.3 Å². The summed E-state index contributed by atoms with van der Waals surface area (Å²) in [6.45, 7) is 0. The summed E-state index contributed by atoms with van der Waals surface area (Å²) in [5, 5.41) is 22.9. The SMILES string of the molecule is O=C(O[N+](=O)[O-])c1ccccc1Nc1ccc(Cl)cc1[N+](=O)[O-]. The third kappa shape index (κ3) is 3.92. The normalized spacial score (nSPS) is 9.96. The highest BCUT2D eigenvalue weighted by Gasteiger charge is 2.19. The van der Waals surface area contributed by atoms with Crippen LogP contribution in [-0.2, 0) is 4.84 Å². The predicted octanol–water partition coefficient (Wildman–Crippen LogP) is 3.34. The molecule has 0 aromatic heterocycles. The number of nitro benzene ring substituents is 1. The van der Waals surface area contributed by atoms with E-state index in [4.69, 9.17) is 11.6 Å². The number of para-hydroxylation sites is 1. The van der Waals surface area contributed by atoms with Gasteiger partial charge in [-0.3, -0.25) is 14.9 Å². The lowest BCUT2D eigenvalue weighted by molar-refractivity contribution is -0.727. The summed E-state index contributed by atoms with van der Waals surface area (Å²) < 4.78 is 0. The number of carbonyl (C=O) groups is 1. The fourth-order valence-electron chi connectivity index (χ4n) is 1.79. The molecule has 0 fully saturated rings. The topological polar surface area (TPSA) is 125 Å². The van der Waals surface area contributed by atoms with E-state index in [1.54, 1.807) is 6.07 Å². The van der Waals surface area contributed by atoms with Crippen LogP contribution in [0, 0.1) is 20.2 Å². The molecule has 1 N–H and O–H groups in total. The van der Waals surface area contributed by atoms with E-state index >= 15 is 0 Å². The number of nitrogens with one attached hydrogen (secondary N) is 1. The van der Waals surface area contributed by atoms with Crippen LogP contribution in [0.25, 0.3) is 0 Å². The lowest BCUT2D eigenvalue weighted by Crippen LogP contribution is -2.12. The van der Waals surface area contributed by atoms with Gasteiger partial charge in [0, 0.05) is 11.1 Å². The number of rotatable bonds is 5. The molecule has 0 aliphatic heterocycles. The van der Waals surface area contributed by atoms with Gasteiger partial charge >= 0.3 is 11.1 Å². The number of hydrogen-bond acceptors (Lipinski definition) is 7. The van der Waals surface area contributed by atoms with E-state index in [1.165, 1.54) is 30.3 Å². The van der Waals surface area contributed by atoms with Gasteiger partial charge in [0.05, 0.1) is 16.2 Å². The quantitative estimate of drug-likeness (QED) is 0.655. The van der Waals surface area contributed by atoms with E-state index in [0.29, 0.717) is 0 Å². The Morgan fingerprint density at radius 2 is 1.78 bits per heavy atom. The number of hydrogen-bond donors (Lipinski definition) is 1. The Kier molecular flexibility index (Phi) is 4.72. The summed E-state index contributed by atoms with van der Waals surface area (Å²) in [5.41, 5.74) is -0.270. The molecular weight excluding hydrogens is 330 g/mol. The van der Waals surface area contributed by atoms with Crippen LogP contribution in [0.5, 0.6) is 0 Å². The molecule has 0 saturated heterocycles. The Hall–Kier alpha value is -3.20. The second kappa shape index (κ2) is 6.71. The van der Waals surface area contributed by atoms with Crippen molar-refractivity contribution < 1.29 is 19.6 Å². The maximum atomic E-state index is 11.7. The van der Waals surface area contributed by atoms with E-state index in [2.05, 4.69) is 10.2 Å². The monoisotopic (exact) mass is 337 g/mol. The number of halogens is 1. The third-order valence-electron chi connectivity index (χ3n) is 2.73. The van der Waals surface area contributed by atoms with E-state index < -0.39 is 16.0 Å². The van der Waals surface area contributed by atoms with Crippen molar-refractivity contribution in [2.24, 2.45) is 0 Å². The van der Waals surface area contributed by atoms with Crippen LogP contribution in [0.15, 0.2) is 42.5 Å². The molecule has 2 aromatic rings. The van der Waals surface area contributed by atoms with Gasteiger partial charge in [-0.05, 0) is 24.3 Å². The Labute approximate surface area is 133 Å². The van der Waals surface area contributed by atoms with Gasteiger partial charge in [-0.2, -0.15) is 0 Å². The summed E-state index contributed by atoms with van der Waals surface area (Å²) in [7, 11) is 0. The average Bonchev–Trinajstić information content (AvgIpc) is 2.48. The standard InChI is InChI=1S/C13H8ClN3O6/c14-8-5-6-11(12(7-8)16(19)20)15-10-4-2-1-3-9(10)13(18)23-17(21)22/h1-7,15H. The van der Waals surface area contributed by atoms with E-state index in [1.807, 2.05) is 0 Å². The van der Waals surface area contributed by atoms with Crippen LogP contribution < -0.4 is 5.32 Å². The molecule has 0 bridgehead atoms. The first-order chi connectivity index (χ1) is 10.9. The summed E-state index contributed by atoms with van der Waals surface area (Å²) >= 11 is 5.72. The van der Waals surface area contributed by atoms with E-state index in [-0.39, 0.29) is 27.6 Å². The fraction of sp³-hybridized carbons (Fsp3) is 0. The minimum atomic E-state index is -1.23. The molecule has 0 unspecified atom stereocenters. The molecule has 0 heterocycles. The summed E-state index contributed by atoms with van der Waals surface area (Å²) in [5.74, 6) is -1.20. The first-order valence-corrected chi connectivity index (χ1v) is 6.43. The number of nitrogens with zero attached hydrogens (tertiary/aromatic N) is 2. The van der Waals surface area contributed by atoms with Crippen LogP contribution in [0.3, 0.4) is 0 Å². The van der Waals surface area contributed by atoms with Gasteiger partial charge in [-0.25, -0.2) is 4.84 Å². The van der Waals surface area contributed by atoms with Crippen molar-refractivity contribution in [3.8, 4) is 0 Å². The molecule has 9 nitrogen and oxygen atoms in total. The van der Waals surface area contributed by atoms with Crippen molar-refractivity contribution in [1.82, 2.24) is 0 Å². The molecule has 0 amide bonds. The van der Waals surface area contributed by atoms with Crippen molar-refractivity contribution >= 4 is 34.6 Å². The molecule has 0 atom stereocenters. The Bertz CT molecular complexity index is 795. The summed E-state index contributed by atoms with van der Waals surface area (Å²) in [6, 6.07) is 9.66. The number of anilines is 2. The zero-order valence-electron chi connectivity index (χ0n) is 11.3. The lowest BCUT2D eigenvalue weighted by atomic mass is 10.1. The number of benzene rings is 2. The maximum Gasteiger partial charge on any atom is 0.336 e.